The number of esters is 1. The molecule has 3 rings (SSSR count). The molecular weight excluding hydrogens is 401 g/mol. The number of rotatable bonds is 5. The van der Waals surface area contributed by atoms with Gasteiger partial charge in [0.1, 0.15) is 17.1 Å². The highest BCUT2D eigenvalue weighted by Crippen LogP contribution is 2.25. The second-order valence-electron chi connectivity index (χ2n) is 5.69. The maximum absolute atomic E-state index is 12.4. The lowest BCUT2D eigenvalue weighted by Gasteiger charge is -2.10. The molecular formula is C21H15Cl2NO4. The molecule has 0 saturated heterocycles. The highest BCUT2D eigenvalue weighted by Gasteiger charge is 2.16. The number of nitrogens with one attached hydrogen (secondary N) is 1. The van der Waals surface area contributed by atoms with Crippen LogP contribution in [-0.4, -0.2) is 19.0 Å². The SMILES string of the molecule is COc1ccc(Cl)cc1C(=O)Oc1ccc(NC(=O)c2ccccc2Cl)cc1. The van der Waals surface area contributed by atoms with Crippen molar-refractivity contribution in [2.75, 3.05) is 12.4 Å². The van der Waals surface area contributed by atoms with E-state index in [-0.39, 0.29) is 11.5 Å². The molecule has 7 heteroatoms. The summed E-state index contributed by atoms with van der Waals surface area (Å²) in [5.74, 6) is -0.271. The minimum absolute atomic E-state index is 0.214. The Morgan fingerprint density at radius 3 is 2.29 bits per heavy atom. The molecule has 0 aliphatic rings. The quantitative estimate of drug-likeness (QED) is 0.442. The number of halogens is 2. The number of amides is 1. The summed E-state index contributed by atoms with van der Waals surface area (Å²) >= 11 is 12.0. The van der Waals surface area contributed by atoms with Crippen LogP contribution in [0.4, 0.5) is 5.69 Å². The Morgan fingerprint density at radius 1 is 0.893 bits per heavy atom. The topological polar surface area (TPSA) is 64.6 Å². The van der Waals surface area contributed by atoms with Crippen LogP contribution in [0.1, 0.15) is 20.7 Å². The molecule has 0 atom stereocenters. The van der Waals surface area contributed by atoms with E-state index < -0.39 is 5.97 Å². The fourth-order valence-electron chi connectivity index (χ4n) is 2.45. The second-order valence-corrected chi connectivity index (χ2v) is 6.54. The number of carbonyl (C=O) groups is 2. The number of hydrogen-bond donors (Lipinski definition) is 1. The summed E-state index contributed by atoms with van der Waals surface area (Å²) in [5, 5.41) is 3.49. The molecule has 3 aromatic rings. The predicted octanol–water partition coefficient (Wildman–Crippen LogP) is 5.47. The van der Waals surface area contributed by atoms with Crippen molar-refractivity contribution in [3.05, 3.63) is 87.9 Å². The Labute approximate surface area is 171 Å². The third kappa shape index (κ3) is 4.63. The maximum Gasteiger partial charge on any atom is 0.347 e. The van der Waals surface area contributed by atoms with Crippen LogP contribution in [0.2, 0.25) is 10.0 Å². The fraction of sp³-hybridized carbons (Fsp3) is 0.0476. The normalized spacial score (nSPS) is 10.2. The summed E-state index contributed by atoms with van der Waals surface area (Å²) in [6, 6.07) is 17.8. The van der Waals surface area contributed by atoms with Crippen LogP contribution in [-0.2, 0) is 0 Å². The van der Waals surface area contributed by atoms with Gasteiger partial charge in [-0.2, -0.15) is 0 Å². The molecule has 1 amide bonds. The monoisotopic (exact) mass is 415 g/mol. The summed E-state index contributed by atoms with van der Waals surface area (Å²) in [4.78, 5) is 24.7. The highest BCUT2D eigenvalue weighted by molar-refractivity contribution is 6.34. The molecule has 0 radical (unpaired) electrons. The molecule has 0 heterocycles. The van der Waals surface area contributed by atoms with Gasteiger partial charge in [-0.1, -0.05) is 35.3 Å². The number of benzene rings is 3. The van der Waals surface area contributed by atoms with Crippen LogP contribution in [0.15, 0.2) is 66.7 Å². The zero-order valence-electron chi connectivity index (χ0n) is 14.7. The zero-order valence-corrected chi connectivity index (χ0v) is 16.3. The van der Waals surface area contributed by atoms with Gasteiger partial charge in [-0.15, -0.1) is 0 Å². The van der Waals surface area contributed by atoms with Gasteiger partial charge in [0.2, 0.25) is 0 Å². The largest absolute Gasteiger partial charge is 0.496 e. The van der Waals surface area contributed by atoms with E-state index in [2.05, 4.69) is 5.32 Å². The van der Waals surface area contributed by atoms with Gasteiger partial charge in [-0.05, 0) is 54.6 Å². The average Bonchev–Trinajstić information content (AvgIpc) is 2.69. The molecule has 0 aliphatic carbocycles. The van der Waals surface area contributed by atoms with Gasteiger partial charge in [0.05, 0.1) is 17.7 Å². The van der Waals surface area contributed by atoms with Crippen LogP contribution in [0, 0.1) is 0 Å². The first-order valence-electron chi connectivity index (χ1n) is 8.19. The summed E-state index contributed by atoms with van der Waals surface area (Å²) in [6.07, 6.45) is 0. The minimum Gasteiger partial charge on any atom is -0.496 e. The summed E-state index contributed by atoms with van der Waals surface area (Å²) < 4.78 is 10.5. The van der Waals surface area contributed by atoms with E-state index in [9.17, 15) is 9.59 Å². The summed E-state index contributed by atoms with van der Waals surface area (Å²) in [7, 11) is 1.45. The summed E-state index contributed by atoms with van der Waals surface area (Å²) in [6.45, 7) is 0. The van der Waals surface area contributed by atoms with Crippen LogP contribution in [0.25, 0.3) is 0 Å². The van der Waals surface area contributed by atoms with Crippen molar-refractivity contribution in [1.29, 1.82) is 0 Å². The van der Waals surface area contributed by atoms with E-state index in [4.69, 9.17) is 32.7 Å². The molecule has 0 bridgehead atoms. The molecule has 1 N–H and O–H groups in total. The Morgan fingerprint density at radius 2 is 1.61 bits per heavy atom. The van der Waals surface area contributed by atoms with E-state index in [0.717, 1.165) is 0 Å². The Bertz CT molecular complexity index is 1020. The molecule has 0 fully saturated rings. The van der Waals surface area contributed by atoms with Crippen molar-refractivity contribution in [2.24, 2.45) is 0 Å². The highest BCUT2D eigenvalue weighted by atomic mass is 35.5. The Kier molecular flexibility index (Phi) is 6.19. The van der Waals surface area contributed by atoms with Gasteiger partial charge in [0.25, 0.3) is 5.91 Å². The van der Waals surface area contributed by atoms with Crippen molar-refractivity contribution in [1.82, 2.24) is 0 Å². The zero-order chi connectivity index (χ0) is 20.1. The molecule has 142 valence electrons. The first kappa shape index (κ1) is 19.7. The van der Waals surface area contributed by atoms with E-state index in [1.165, 1.54) is 13.2 Å². The number of ether oxygens (including phenoxy) is 2. The molecule has 5 nitrogen and oxygen atoms in total. The fourth-order valence-corrected chi connectivity index (χ4v) is 2.85. The smallest absolute Gasteiger partial charge is 0.347 e. The standard InChI is InChI=1S/C21H15Cl2NO4/c1-27-19-11-6-13(22)12-17(19)21(26)28-15-9-7-14(8-10-15)24-20(25)16-4-2-3-5-18(16)23/h2-12H,1H3,(H,24,25). The Hall–Kier alpha value is -3.02. The third-order valence-electron chi connectivity index (χ3n) is 3.82. The first-order valence-corrected chi connectivity index (χ1v) is 8.95. The second kappa shape index (κ2) is 8.78. The van der Waals surface area contributed by atoms with Crippen LogP contribution in [0.5, 0.6) is 11.5 Å². The van der Waals surface area contributed by atoms with Gasteiger partial charge < -0.3 is 14.8 Å². The number of anilines is 1. The van der Waals surface area contributed by atoms with E-state index in [1.54, 1.807) is 60.7 Å². The van der Waals surface area contributed by atoms with Crippen molar-refractivity contribution < 1.29 is 19.1 Å². The predicted molar refractivity (Wildman–Crippen MR) is 109 cm³/mol. The molecule has 0 spiro atoms. The van der Waals surface area contributed by atoms with E-state index >= 15 is 0 Å². The number of methoxy groups -OCH3 is 1. The molecule has 0 aromatic heterocycles. The van der Waals surface area contributed by atoms with Crippen molar-refractivity contribution >= 4 is 40.8 Å². The molecule has 3 aromatic carbocycles. The molecule has 0 saturated carbocycles. The summed E-state index contributed by atoms with van der Waals surface area (Å²) in [5.41, 5.74) is 1.11. The van der Waals surface area contributed by atoms with Gasteiger partial charge in [0, 0.05) is 10.7 Å². The third-order valence-corrected chi connectivity index (χ3v) is 4.39. The maximum atomic E-state index is 12.4. The molecule has 28 heavy (non-hydrogen) atoms. The Balaban J connectivity index is 1.70. The van der Waals surface area contributed by atoms with Crippen LogP contribution < -0.4 is 14.8 Å². The van der Waals surface area contributed by atoms with Gasteiger partial charge >= 0.3 is 5.97 Å². The van der Waals surface area contributed by atoms with Crippen LogP contribution in [0.3, 0.4) is 0 Å². The number of hydrogen-bond acceptors (Lipinski definition) is 4. The van der Waals surface area contributed by atoms with Gasteiger partial charge in [0.15, 0.2) is 0 Å². The molecule has 0 unspecified atom stereocenters. The lowest BCUT2D eigenvalue weighted by Crippen LogP contribution is -2.12. The van der Waals surface area contributed by atoms with Crippen molar-refractivity contribution in [2.45, 2.75) is 0 Å². The van der Waals surface area contributed by atoms with Gasteiger partial charge in [-0.25, -0.2) is 4.79 Å². The van der Waals surface area contributed by atoms with E-state index in [0.29, 0.717) is 32.8 Å². The van der Waals surface area contributed by atoms with Crippen molar-refractivity contribution in [3.63, 3.8) is 0 Å². The number of carbonyl (C=O) groups excluding carboxylic acids is 2. The minimum atomic E-state index is -0.604. The van der Waals surface area contributed by atoms with Crippen LogP contribution >= 0.6 is 23.2 Å². The van der Waals surface area contributed by atoms with Gasteiger partial charge in [-0.3, -0.25) is 4.79 Å². The lowest BCUT2D eigenvalue weighted by atomic mass is 10.2. The lowest BCUT2D eigenvalue weighted by molar-refractivity contribution is 0.0731. The first-order chi connectivity index (χ1) is 13.5. The molecule has 0 aliphatic heterocycles. The average molecular weight is 416 g/mol. The van der Waals surface area contributed by atoms with E-state index in [1.807, 2.05) is 0 Å². The van der Waals surface area contributed by atoms with Crippen molar-refractivity contribution in [3.8, 4) is 11.5 Å².